The van der Waals surface area contributed by atoms with Gasteiger partial charge in [0.2, 0.25) is 11.8 Å². The Labute approximate surface area is 282 Å². The van der Waals surface area contributed by atoms with E-state index in [-0.39, 0.29) is 23.8 Å². The highest BCUT2D eigenvalue weighted by atomic mass is 35.5. The molecule has 1 unspecified atom stereocenters. The number of benzene rings is 4. The summed E-state index contributed by atoms with van der Waals surface area (Å²) < 4.78 is 29.4. The Morgan fingerprint density at radius 1 is 0.804 bits per heavy atom. The molecule has 46 heavy (non-hydrogen) atoms. The van der Waals surface area contributed by atoms with Crippen LogP contribution in [0.5, 0.6) is 0 Å². The van der Waals surface area contributed by atoms with Gasteiger partial charge in [-0.05, 0) is 67.8 Å². The fourth-order valence-electron chi connectivity index (χ4n) is 4.97. The van der Waals surface area contributed by atoms with E-state index < -0.39 is 28.5 Å². The van der Waals surface area contributed by atoms with Gasteiger partial charge >= 0.3 is 0 Å². The number of aryl methyl sites for hydroxylation is 2. The Kier molecular flexibility index (Phi) is 12.3. The van der Waals surface area contributed by atoms with Crippen molar-refractivity contribution in [2.24, 2.45) is 0 Å². The average Bonchev–Trinajstić information content (AvgIpc) is 3.04. The van der Waals surface area contributed by atoms with Crippen LogP contribution in [-0.4, -0.2) is 44.3 Å². The van der Waals surface area contributed by atoms with Crippen LogP contribution >= 0.6 is 23.2 Å². The second-order valence-electron chi connectivity index (χ2n) is 11.3. The van der Waals surface area contributed by atoms with Gasteiger partial charge in [0.1, 0.15) is 12.6 Å². The molecule has 4 aromatic rings. The lowest BCUT2D eigenvalue weighted by molar-refractivity contribution is -0.140. The zero-order valence-electron chi connectivity index (χ0n) is 26.2. The lowest BCUT2D eigenvalue weighted by Gasteiger charge is -2.34. The van der Waals surface area contributed by atoms with Crippen LogP contribution in [0.3, 0.4) is 0 Å². The van der Waals surface area contributed by atoms with Crippen LogP contribution in [0.15, 0.2) is 102 Å². The van der Waals surface area contributed by atoms with E-state index >= 15 is 0 Å². The van der Waals surface area contributed by atoms with Crippen LogP contribution in [0.2, 0.25) is 10.0 Å². The van der Waals surface area contributed by atoms with Gasteiger partial charge in [0, 0.05) is 19.5 Å². The van der Waals surface area contributed by atoms with Crippen molar-refractivity contribution >= 4 is 50.7 Å². The maximum absolute atomic E-state index is 14.5. The van der Waals surface area contributed by atoms with Crippen LogP contribution in [0.25, 0.3) is 0 Å². The Morgan fingerprint density at radius 3 is 2.04 bits per heavy atom. The van der Waals surface area contributed by atoms with Gasteiger partial charge in [0.25, 0.3) is 10.0 Å². The lowest BCUT2D eigenvalue weighted by Crippen LogP contribution is -2.53. The molecule has 0 aliphatic carbocycles. The van der Waals surface area contributed by atoms with Crippen LogP contribution in [0, 0.1) is 13.8 Å². The Bertz CT molecular complexity index is 1730. The van der Waals surface area contributed by atoms with Crippen molar-refractivity contribution < 1.29 is 18.0 Å². The molecule has 0 fully saturated rings. The molecule has 0 aliphatic rings. The predicted molar refractivity (Wildman–Crippen MR) is 186 cm³/mol. The minimum Gasteiger partial charge on any atom is -0.354 e. The van der Waals surface area contributed by atoms with E-state index in [1.807, 2.05) is 51.1 Å². The third-order valence-corrected chi connectivity index (χ3v) is 10.2. The maximum Gasteiger partial charge on any atom is 0.264 e. The van der Waals surface area contributed by atoms with Crippen LogP contribution < -0.4 is 9.62 Å². The molecule has 1 N–H and O–H groups in total. The van der Waals surface area contributed by atoms with Crippen LogP contribution in [0.4, 0.5) is 5.69 Å². The van der Waals surface area contributed by atoms with Crippen LogP contribution in [0.1, 0.15) is 42.0 Å². The Morgan fingerprint density at radius 2 is 1.43 bits per heavy atom. The third kappa shape index (κ3) is 9.12. The van der Waals surface area contributed by atoms with E-state index in [9.17, 15) is 18.0 Å². The van der Waals surface area contributed by atoms with E-state index in [0.29, 0.717) is 27.8 Å². The standard InChI is InChI=1S/C36H39Cl2N3O4S/c1-4-5-21-39-36(43)34(23-28-9-7-6-8-10-28)40(24-29-15-20-32(37)33(38)22-29)35(42)25-41(30-16-11-26(2)12-17-30)46(44,45)31-18-13-27(3)14-19-31/h6-20,22,34H,4-5,21,23-25H2,1-3H3,(H,39,43). The molecule has 7 nitrogen and oxygen atoms in total. The van der Waals surface area contributed by atoms with Gasteiger partial charge in [-0.3, -0.25) is 13.9 Å². The summed E-state index contributed by atoms with van der Waals surface area (Å²) in [5, 5.41) is 3.65. The number of nitrogens with zero attached hydrogens (tertiary/aromatic N) is 2. The zero-order valence-corrected chi connectivity index (χ0v) is 28.6. The molecule has 0 aromatic heterocycles. The van der Waals surface area contributed by atoms with Crippen molar-refractivity contribution in [3.8, 4) is 0 Å². The topological polar surface area (TPSA) is 86.8 Å². The van der Waals surface area contributed by atoms with E-state index in [1.165, 1.54) is 17.0 Å². The van der Waals surface area contributed by atoms with Crippen molar-refractivity contribution in [1.82, 2.24) is 10.2 Å². The maximum atomic E-state index is 14.5. The molecule has 0 bridgehead atoms. The van der Waals surface area contributed by atoms with E-state index in [0.717, 1.165) is 33.8 Å². The molecule has 0 radical (unpaired) electrons. The quantitative estimate of drug-likeness (QED) is 0.141. The summed E-state index contributed by atoms with van der Waals surface area (Å²) >= 11 is 12.5. The van der Waals surface area contributed by atoms with Gasteiger partial charge in [-0.1, -0.05) is 108 Å². The number of sulfonamides is 1. The first kappa shape index (κ1) is 35.0. The number of halogens is 2. The summed E-state index contributed by atoms with van der Waals surface area (Å²) in [5.74, 6) is -0.872. The zero-order chi connectivity index (χ0) is 33.3. The molecule has 10 heteroatoms. The molecule has 1 atom stereocenters. The summed E-state index contributed by atoms with van der Waals surface area (Å²) in [6, 6.07) is 27.0. The summed E-state index contributed by atoms with van der Waals surface area (Å²) in [4.78, 5) is 29.9. The van der Waals surface area contributed by atoms with Crippen molar-refractivity contribution in [2.45, 2.75) is 57.5 Å². The number of carbonyl (C=O) groups is 2. The van der Waals surface area contributed by atoms with Gasteiger partial charge in [-0.15, -0.1) is 0 Å². The van der Waals surface area contributed by atoms with Crippen LogP contribution in [-0.2, 0) is 32.6 Å². The van der Waals surface area contributed by atoms with Crippen molar-refractivity contribution in [1.29, 1.82) is 0 Å². The number of anilines is 1. The van der Waals surface area contributed by atoms with Gasteiger partial charge in [-0.2, -0.15) is 0 Å². The van der Waals surface area contributed by atoms with E-state index in [4.69, 9.17) is 23.2 Å². The number of unbranched alkanes of at least 4 members (excludes halogenated alkanes) is 1. The average molecular weight is 681 g/mol. The largest absolute Gasteiger partial charge is 0.354 e. The Hall–Kier alpha value is -3.85. The molecular formula is C36H39Cl2N3O4S. The molecule has 4 aromatic carbocycles. The number of nitrogens with one attached hydrogen (secondary N) is 1. The van der Waals surface area contributed by atoms with Gasteiger partial charge < -0.3 is 10.2 Å². The van der Waals surface area contributed by atoms with Gasteiger partial charge in [0.05, 0.1) is 20.6 Å². The number of amides is 2. The smallest absolute Gasteiger partial charge is 0.264 e. The Balaban J connectivity index is 1.80. The SMILES string of the molecule is CCCCNC(=O)C(Cc1ccccc1)N(Cc1ccc(Cl)c(Cl)c1)C(=O)CN(c1ccc(C)cc1)S(=O)(=O)c1ccc(C)cc1. The molecule has 4 rings (SSSR count). The highest BCUT2D eigenvalue weighted by Crippen LogP contribution is 2.27. The van der Waals surface area contributed by atoms with Crippen molar-refractivity contribution in [2.75, 3.05) is 17.4 Å². The highest BCUT2D eigenvalue weighted by molar-refractivity contribution is 7.92. The van der Waals surface area contributed by atoms with Gasteiger partial charge in [-0.25, -0.2) is 8.42 Å². The molecule has 0 saturated carbocycles. The molecular weight excluding hydrogens is 641 g/mol. The van der Waals surface area contributed by atoms with Gasteiger partial charge in [0.15, 0.2) is 0 Å². The molecule has 0 heterocycles. The summed E-state index contributed by atoms with van der Waals surface area (Å²) in [6.45, 7) is 5.72. The first-order valence-corrected chi connectivity index (χ1v) is 17.4. The number of carbonyl (C=O) groups excluding carboxylic acids is 2. The molecule has 0 aliphatic heterocycles. The minimum absolute atomic E-state index is 0.000732. The first-order chi connectivity index (χ1) is 22.0. The minimum atomic E-state index is -4.17. The third-order valence-electron chi connectivity index (χ3n) is 7.65. The highest BCUT2D eigenvalue weighted by Gasteiger charge is 2.34. The molecule has 2 amide bonds. The summed E-state index contributed by atoms with van der Waals surface area (Å²) in [7, 11) is -4.17. The van der Waals surface area contributed by atoms with Crippen molar-refractivity contribution in [3.63, 3.8) is 0 Å². The number of hydrogen-bond donors (Lipinski definition) is 1. The molecule has 0 spiro atoms. The molecule has 242 valence electrons. The van der Waals surface area contributed by atoms with E-state index in [1.54, 1.807) is 54.6 Å². The fourth-order valence-corrected chi connectivity index (χ4v) is 6.71. The summed E-state index contributed by atoms with van der Waals surface area (Å²) in [6.07, 6.45) is 1.89. The lowest BCUT2D eigenvalue weighted by atomic mass is 10.0. The van der Waals surface area contributed by atoms with E-state index in [2.05, 4.69) is 5.32 Å². The first-order valence-electron chi connectivity index (χ1n) is 15.2. The monoisotopic (exact) mass is 679 g/mol. The van der Waals surface area contributed by atoms with Crippen molar-refractivity contribution in [3.05, 3.63) is 129 Å². The normalized spacial score (nSPS) is 11.9. The number of rotatable bonds is 14. The number of hydrogen-bond acceptors (Lipinski definition) is 4. The summed E-state index contributed by atoms with van der Waals surface area (Å²) in [5.41, 5.74) is 3.68. The fraction of sp³-hybridized carbons (Fsp3) is 0.278. The second kappa shape index (κ2) is 16.1. The second-order valence-corrected chi connectivity index (χ2v) is 14.0. The predicted octanol–water partition coefficient (Wildman–Crippen LogP) is 7.36. The molecule has 0 saturated heterocycles.